The van der Waals surface area contributed by atoms with Crippen molar-refractivity contribution < 1.29 is 38.6 Å². The maximum absolute atomic E-state index is 11.7. The van der Waals surface area contributed by atoms with E-state index in [9.17, 15) is 24.0 Å². The van der Waals surface area contributed by atoms with Gasteiger partial charge in [-0.25, -0.2) is 4.79 Å². The van der Waals surface area contributed by atoms with Crippen LogP contribution in [0.5, 0.6) is 0 Å². The molecule has 0 rings (SSSR count). The molecule has 0 radical (unpaired) electrons. The van der Waals surface area contributed by atoms with Gasteiger partial charge in [-0.2, -0.15) is 0 Å². The Morgan fingerprint density at radius 3 is 1.57 bits per heavy atom. The second-order valence-corrected chi connectivity index (χ2v) is 5.00. The Morgan fingerprint density at radius 1 is 0.913 bits per heavy atom. The number of aliphatic carboxylic acids is 1. The number of hydrogen-bond acceptors (Lipinski definition) is 7. The number of hydrogen-bond donors (Lipinski definition) is 1. The number of carboxylic acid groups (broad SMARTS) is 1. The van der Waals surface area contributed by atoms with Crippen molar-refractivity contribution in [3.05, 3.63) is 11.6 Å². The van der Waals surface area contributed by atoms with Crippen molar-refractivity contribution >= 4 is 29.5 Å². The Bertz CT molecular complexity index is 514. The van der Waals surface area contributed by atoms with Crippen molar-refractivity contribution in [1.29, 1.82) is 0 Å². The first-order valence-corrected chi connectivity index (χ1v) is 6.86. The zero-order valence-corrected chi connectivity index (χ0v) is 13.5. The van der Waals surface area contributed by atoms with Gasteiger partial charge in [0.2, 0.25) is 0 Å². The van der Waals surface area contributed by atoms with E-state index in [0.29, 0.717) is 0 Å². The fraction of sp³-hybridized carbons (Fsp3) is 0.533. The molecule has 0 heterocycles. The molecule has 0 saturated carbocycles. The molecule has 8 nitrogen and oxygen atoms in total. The van der Waals surface area contributed by atoms with E-state index < -0.39 is 48.1 Å². The standard InChI is InChI=1S/C15H20O8/c1-5-15(8-9(2)14(20)21,22-12(18)6-10(3)16)23-13(19)7-11(4)17/h8H,5-7H2,1-4H3,(H,20,21). The Morgan fingerprint density at radius 2 is 1.30 bits per heavy atom. The minimum Gasteiger partial charge on any atom is -0.478 e. The Hall–Kier alpha value is -2.51. The van der Waals surface area contributed by atoms with E-state index in [2.05, 4.69) is 0 Å². The number of esters is 2. The highest BCUT2D eigenvalue weighted by Gasteiger charge is 2.36. The highest BCUT2D eigenvalue weighted by atomic mass is 16.7. The van der Waals surface area contributed by atoms with Gasteiger partial charge in [-0.15, -0.1) is 0 Å². The molecular weight excluding hydrogens is 308 g/mol. The summed E-state index contributed by atoms with van der Waals surface area (Å²) in [5, 5.41) is 8.94. The molecule has 0 aliphatic heterocycles. The van der Waals surface area contributed by atoms with Crippen LogP contribution in [-0.2, 0) is 33.4 Å². The average Bonchev–Trinajstić information content (AvgIpc) is 2.35. The zero-order valence-electron chi connectivity index (χ0n) is 13.5. The third-order valence-corrected chi connectivity index (χ3v) is 2.63. The van der Waals surface area contributed by atoms with Gasteiger partial charge in [0.25, 0.3) is 5.79 Å². The average molecular weight is 328 g/mol. The lowest BCUT2D eigenvalue weighted by atomic mass is 10.1. The highest BCUT2D eigenvalue weighted by molar-refractivity contribution is 5.95. The maximum Gasteiger partial charge on any atom is 0.331 e. The van der Waals surface area contributed by atoms with Crippen LogP contribution in [0.2, 0.25) is 0 Å². The van der Waals surface area contributed by atoms with Crippen molar-refractivity contribution in [1.82, 2.24) is 0 Å². The summed E-state index contributed by atoms with van der Waals surface area (Å²) in [5.41, 5.74) is -0.224. The van der Waals surface area contributed by atoms with Crippen LogP contribution in [0.25, 0.3) is 0 Å². The summed E-state index contributed by atoms with van der Waals surface area (Å²) in [5.74, 6) is -6.15. The Kier molecular flexibility index (Phi) is 7.86. The van der Waals surface area contributed by atoms with Gasteiger partial charge in [0.05, 0.1) is 0 Å². The van der Waals surface area contributed by atoms with Crippen molar-refractivity contribution in [2.45, 2.75) is 52.7 Å². The van der Waals surface area contributed by atoms with E-state index in [1.165, 1.54) is 27.7 Å². The topological polar surface area (TPSA) is 124 Å². The molecule has 0 fully saturated rings. The first-order chi connectivity index (χ1) is 10.5. The van der Waals surface area contributed by atoms with E-state index in [0.717, 1.165) is 6.08 Å². The van der Waals surface area contributed by atoms with Crippen LogP contribution >= 0.6 is 0 Å². The number of rotatable bonds is 9. The molecule has 1 N–H and O–H groups in total. The van der Waals surface area contributed by atoms with Crippen LogP contribution < -0.4 is 0 Å². The van der Waals surface area contributed by atoms with Gasteiger partial charge in [0.1, 0.15) is 24.4 Å². The van der Waals surface area contributed by atoms with Crippen LogP contribution in [-0.4, -0.2) is 40.4 Å². The van der Waals surface area contributed by atoms with Crippen LogP contribution in [0.15, 0.2) is 11.6 Å². The van der Waals surface area contributed by atoms with Gasteiger partial charge < -0.3 is 14.6 Å². The zero-order chi connectivity index (χ0) is 18.2. The summed E-state index contributed by atoms with van der Waals surface area (Å²) in [6.07, 6.45) is -0.228. The first-order valence-electron chi connectivity index (χ1n) is 6.86. The lowest BCUT2D eigenvalue weighted by Crippen LogP contribution is -2.39. The smallest absolute Gasteiger partial charge is 0.331 e. The molecule has 128 valence electrons. The van der Waals surface area contributed by atoms with Gasteiger partial charge in [-0.1, -0.05) is 6.92 Å². The molecule has 0 aliphatic rings. The third kappa shape index (κ3) is 7.89. The van der Waals surface area contributed by atoms with Gasteiger partial charge in [0, 0.05) is 18.1 Å². The quantitative estimate of drug-likeness (QED) is 0.289. The van der Waals surface area contributed by atoms with Gasteiger partial charge in [-0.3, -0.25) is 19.2 Å². The van der Waals surface area contributed by atoms with Crippen molar-refractivity contribution in [2.24, 2.45) is 0 Å². The van der Waals surface area contributed by atoms with E-state index in [-0.39, 0.29) is 12.0 Å². The fourth-order valence-electron chi connectivity index (χ4n) is 1.58. The maximum atomic E-state index is 11.7. The molecule has 0 atom stereocenters. The summed E-state index contributed by atoms with van der Waals surface area (Å²) in [6.45, 7) is 5.07. The molecule has 0 aromatic heterocycles. The molecule has 0 aliphatic carbocycles. The lowest BCUT2D eigenvalue weighted by Gasteiger charge is -2.29. The van der Waals surface area contributed by atoms with Crippen molar-refractivity contribution in [2.75, 3.05) is 0 Å². The third-order valence-electron chi connectivity index (χ3n) is 2.63. The van der Waals surface area contributed by atoms with Gasteiger partial charge >= 0.3 is 17.9 Å². The van der Waals surface area contributed by atoms with E-state index >= 15 is 0 Å². The molecule has 0 spiro atoms. The molecule has 0 aromatic rings. The number of carbonyl (C=O) groups is 5. The molecule has 0 aromatic carbocycles. The van der Waals surface area contributed by atoms with E-state index in [4.69, 9.17) is 14.6 Å². The van der Waals surface area contributed by atoms with Gasteiger partial charge in [0.15, 0.2) is 0 Å². The summed E-state index contributed by atoms with van der Waals surface area (Å²) in [7, 11) is 0. The first kappa shape index (κ1) is 20.5. The Balaban J connectivity index is 5.53. The van der Waals surface area contributed by atoms with Crippen LogP contribution in [0.1, 0.15) is 47.0 Å². The monoisotopic (exact) mass is 328 g/mol. The molecule has 0 amide bonds. The second kappa shape index (κ2) is 8.82. The SMILES string of the molecule is CCC(C=C(C)C(=O)O)(OC(=O)CC(C)=O)OC(=O)CC(C)=O. The molecule has 23 heavy (non-hydrogen) atoms. The molecule has 0 bridgehead atoms. The predicted octanol–water partition coefficient (Wildman–Crippen LogP) is 1.17. The minimum absolute atomic E-state index is 0.0924. The fourth-order valence-corrected chi connectivity index (χ4v) is 1.58. The number of ether oxygens (including phenoxy) is 2. The second-order valence-electron chi connectivity index (χ2n) is 5.00. The molecule has 0 unspecified atom stereocenters. The number of Topliss-reactive ketones (excluding diaryl/α,β-unsaturated/α-hetero) is 2. The highest BCUT2D eigenvalue weighted by Crippen LogP contribution is 2.24. The Labute approximate surface area is 133 Å². The summed E-state index contributed by atoms with van der Waals surface area (Å²) >= 11 is 0. The van der Waals surface area contributed by atoms with Gasteiger partial charge in [-0.05, 0) is 20.8 Å². The summed E-state index contributed by atoms with van der Waals surface area (Å²) in [4.78, 5) is 56.3. The van der Waals surface area contributed by atoms with Crippen LogP contribution in [0.4, 0.5) is 0 Å². The molecule has 0 saturated heterocycles. The van der Waals surface area contributed by atoms with E-state index in [1.807, 2.05) is 0 Å². The number of carbonyl (C=O) groups excluding carboxylic acids is 4. The minimum atomic E-state index is -1.98. The lowest BCUT2D eigenvalue weighted by molar-refractivity contribution is -0.212. The number of ketones is 2. The van der Waals surface area contributed by atoms with Crippen molar-refractivity contribution in [3.63, 3.8) is 0 Å². The summed E-state index contributed by atoms with van der Waals surface area (Å²) < 4.78 is 10.0. The van der Waals surface area contributed by atoms with Crippen LogP contribution in [0, 0.1) is 0 Å². The molecular formula is C15H20O8. The normalized spacial score (nSPS) is 11.6. The summed E-state index contributed by atoms with van der Waals surface area (Å²) in [6, 6.07) is 0. The van der Waals surface area contributed by atoms with Crippen molar-refractivity contribution in [3.8, 4) is 0 Å². The van der Waals surface area contributed by atoms with E-state index in [1.54, 1.807) is 0 Å². The predicted molar refractivity (Wildman–Crippen MR) is 77.2 cm³/mol. The largest absolute Gasteiger partial charge is 0.478 e. The molecule has 8 heteroatoms. The number of carboxylic acids is 1. The van der Waals surface area contributed by atoms with Crippen LogP contribution in [0.3, 0.4) is 0 Å².